The van der Waals surface area contributed by atoms with Crippen molar-refractivity contribution in [1.82, 2.24) is 9.88 Å². The van der Waals surface area contributed by atoms with Crippen molar-refractivity contribution < 1.29 is 18.7 Å². The molecule has 1 aromatic heterocycles. The molecule has 1 fully saturated rings. The first-order valence-corrected chi connectivity index (χ1v) is 7.89. The SMILES string of the molecule is O=C(c1ccc(F)nc1)N1CCC(C(O)c2ccc(F)cc2)CC1. The van der Waals surface area contributed by atoms with Gasteiger partial charge in [-0.3, -0.25) is 4.79 Å². The van der Waals surface area contributed by atoms with E-state index in [0.717, 1.165) is 6.07 Å². The van der Waals surface area contributed by atoms with Crippen molar-refractivity contribution in [3.63, 3.8) is 0 Å². The van der Waals surface area contributed by atoms with Crippen LogP contribution in [-0.4, -0.2) is 34.0 Å². The Morgan fingerprint density at radius 3 is 2.38 bits per heavy atom. The number of likely N-dealkylation sites (tertiary alicyclic amines) is 1. The highest BCUT2D eigenvalue weighted by atomic mass is 19.1. The molecular formula is C18H18F2N2O2. The molecule has 1 aliphatic rings. The number of benzene rings is 1. The molecule has 0 bridgehead atoms. The third-order valence-electron chi connectivity index (χ3n) is 4.46. The molecular weight excluding hydrogens is 314 g/mol. The largest absolute Gasteiger partial charge is 0.388 e. The van der Waals surface area contributed by atoms with Crippen LogP contribution in [0.15, 0.2) is 42.6 Å². The molecule has 0 spiro atoms. The van der Waals surface area contributed by atoms with Crippen molar-refractivity contribution in [1.29, 1.82) is 0 Å². The molecule has 1 unspecified atom stereocenters. The van der Waals surface area contributed by atoms with Gasteiger partial charge in [0.15, 0.2) is 0 Å². The summed E-state index contributed by atoms with van der Waals surface area (Å²) in [6.07, 6.45) is 1.87. The molecule has 4 nitrogen and oxygen atoms in total. The van der Waals surface area contributed by atoms with Crippen LogP contribution in [0, 0.1) is 17.7 Å². The van der Waals surface area contributed by atoms with E-state index in [1.807, 2.05) is 0 Å². The van der Waals surface area contributed by atoms with Crippen molar-refractivity contribution in [2.24, 2.45) is 5.92 Å². The summed E-state index contributed by atoms with van der Waals surface area (Å²) < 4.78 is 25.8. The molecule has 0 aliphatic carbocycles. The van der Waals surface area contributed by atoms with Crippen molar-refractivity contribution in [2.45, 2.75) is 18.9 Å². The lowest BCUT2D eigenvalue weighted by molar-refractivity contribution is 0.0461. The van der Waals surface area contributed by atoms with Crippen LogP contribution < -0.4 is 0 Å². The second-order valence-corrected chi connectivity index (χ2v) is 6.00. The third-order valence-corrected chi connectivity index (χ3v) is 4.46. The maximum absolute atomic E-state index is 13.0. The van der Waals surface area contributed by atoms with Crippen LogP contribution in [0.3, 0.4) is 0 Å². The Kier molecular flexibility index (Phi) is 4.85. The van der Waals surface area contributed by atoms with Crippen LogP contribution in [0.5, 0.6) is 0 Å². The van der Waals surface area contributed by atoms with Gasteiger partial charge in [0.25, 0.3) is 5.91 Å². The highest BCUT2D eigenvalue weighted by Gasteiger charge is 2.28. The number of aliphatic hydroxyl groups is 1. The van der Waals surface area contributed by atoms with Gasteiger partial charge in [0.2, 0.25) is 5.95 Å². The van der Waals surface area contributed by atoms with E-state index >= 15 is 0 Å². The van der Waals surface area contributed by atoms with Gasteiger partial charge < -0.3 is 10.0 Å². The average molecular weight is 332 g/mol. The van der Waals surface area contributed by atoms with E-state index in [-0.39, 0.29) is 17.6 Å². The molecule has 1 aromatic carbocycles. The Labute approximate surface area is 138 Å². The summed E-state index contributed by atoms with van der Waals surface area (Å²) in [5.74, 6) is -1.12. The summed E-state index contributed by atoms with van der Waals surface area (Å²) in [5.41, 5.74) is 1.04. The Balaban J connectivity index is 1.60. The number of hydrogen-bond donors (Lipinski definition) is 1. The van der Waals surface area contributed by atoms with Crippen LogP contribution in [-0.2, 0) is 0 Å². The van der Waals surface area contributed by atoms with E-state index in [2.05, 4.69) is 4.98 Å². The zero-order valence-corrected chi connectivity index (χ0v) is 13.0. The number of aromatic nitrogens is 1. The van der Waals surface area contributed by atoms with Gasteiger partial charge >= 0.3 is 0 Å². The smallest absolute Gasteiger partial charge is 0.255 e. The number of pyridine rings is 1. The maximum Gasteiger partial charge on any atom is 0.255 e. The summed E-state index contributed by atoms with van der Waals surface area (Å²) in [5, 5.41) is 10.4. The number of amides is 1. The number of nitrogens with zero attached hydrogens (tertiary/aromatic N) is 2. The fourth-order valence-electron chi connectivity index (χ4n) is 3.04. The van der Waals surface area contributed by atoms with Gasteiger partial charge in [0.05, 0.1) is 11.7 Å². The van der Waals surface area contributed by atoms with Crippen LogP contribution in [0.2, 0.25) is 0 Å². The van der Waals surface area contributed by atoms with Crippen molar-refractivity contribution in [2.75, 3.05) is 13.1 Å². The van der Waals surface area contributed by atoms with Gasteiger partial charge in [0.1, 0.15) is 5.82 Å². The Morgan fingerprint density at radius 1 is 1.12 bits per heavy atom. The molecule has 24 heavy (non-hydrogen) atoms. The highest BCUT2D eigenvalue weighted by Crippen LogP contribution is 2.31. The van der Waals surface area contributed by atoms with Crippen LogP contribution in [0.4, 0.5) is 8.78 Å². The van der Waals surface area contributed by atoms with Gasteiger partial charge in [-0.15, -0.1) is 0 Å². The fraction of sp³-hybridized carbons (Fsp3) is 0.333. The number of carbonyl (C=O) groups excluding carboxylic acids is 1. The van der Waals surface area contributed by atoms with Crippen LogP contribution in [0.25, 0.3) is 0 Å². The van der Waals surface area contributed by atoms with E-state index in [1.54, 1.807) is 17.0 Å². The standard InChI is InChI=1S/C18H18F2N2O2/c19-15-4-1-12(2-5-15)17(23)13-7-9-22(10-8-13)18(24)14-3-6-16(20)21-11-14/h1-6,11,13,17,23H,7-10H2. The van der Waals surface area contributed by atoms with Gasteiger partial charge in [-0.2, -0.15) is 4.39 Å². The molecule has 0 saturated carbocycles. The molecule has 1 N–H and O–H groups in total. The lowest BCUT2D eigenvalue weighted by Gasteiger charge is -2.34. The number of carbonyl (C=O) groups is 1. The Morgan fingerprint density at radius 2 is 1.79 bits per heavy atom. The van der Waals surface area contributed by atoms with Gasteiger partial charge in [0, 0.05) is 19.3 Å². The summed E-state index contributed by atoms with van der Waals surface area (Å²) in [7, 11) is 0. The quantitative estimate of drug-likeness (QED) is 0.879. The van der Waals surface area contributed by atoms with Crippen molar-refractivity contribution in [3.8, 4) is 0 Å². The molecule has 2 heterocycles. The zero-order chi connectivity index (χ0) is 17.1. The number of hydrogen-bond acceptors (Lipinski definition) is 3. The summed E-state index contributed by atoms with van der Waals surface area (Å²) in [6, 6.07) is 8.42. The normalized spacial score (nSPS) is 16.9. The zero-order valence-electron chi connectivity index (χ0n) is 13.0. The minimum Gasteiger partial charge on any atom is -0.388 e. The Bertz CT molecular complexity index is 696. The first kappa shape index (κ1) is 16.5. The molecule has 1 aliphatic heterocycles. The molecule has 6 heteroatoms. The first-order valence-electron chi connectivity index (χ1n) is 7.89. The van der Waals surface area contributed by atoms with Gasteiger partial charge in [-0.1, -0.05) is 12.1 Å². The summed E-state index contributed by atoms with van der Waals surface area (Å²) >= 11 is 0. The number of halogens is 2. The summed E-state index contributed by atoms with van der Waals surface area (Å²) in [6.45, 7) is 1.03. The molecule has 1 atom stereocenters. The molecule has 3 rings (SSSR count). The van der Waals surface area contributed by atoms with E-state index in [4.69, 9.17) is 0 Å². The molecule has 1 amide bonds. The lowest BCUT2D eigenvalue weighted by atomic mass is 9.87. The number of aliphatic hydroxyl groups excluding tert-OH is 1. The molecule has 1 saturated heterocycles. The summed E-state index contributed by atoms with van der Waals surface area (Å²) in [4.78, 5) is 17.5. The lowest BCUT2D eigenvalue weighted by Crippen LogP contribution is -2.39. The van der Waals surface area contributed by atoms with Crippen molar-refractivity contribution in [3.05, 3.63) is 65.5 Å². The maximum atomic E-state index is 13.0. The minimum absolute atomic E-state index is 0.0193. The van der Waals surface area contributed by atoms with Crippen LogP contribution >= 0.6 is 0 Å². The third kappa shape index (κ3) is 3.59. The molecule has 2 aromatic rings. The first-order chi connectivity index (χ1) is 11.5. The van der Waals surface area contributed by atoms with E-state index in [1.165, 1.54) is 24.4 Å². The molecule has 126 valence electrons. The van der Waals surface area contributed by atoms with E-state index < -0.39 is 12.1 Å². The van der Waals surface area contributed by atoms with Gasteiger partial charge in [-0.25, -0.2) is 9.37 Å². The topological polar surface area (TPSA) is 53.4 Å². The minimum atomic E-state index is -0.671. The predicted molar refractivity (Wildman–Crippen MR) is 84.2 cm³/mol. The number of piperidine rings is 1. The number of rotatable bonds is 3. The second-order valence-electron chi connectivity index (χ2n) is 6.00. The van der Waals surface area contributed by atoms with Crippen LogP contribution in [0.1, 0.15) is 34.9 Å². The average Bonchev–Trinajstić information content (AvgIpc) is 2.62. The highest BCUT2D eigenvalue weighted by molar-refractivity contribution is 5.93. The van der Waals surface area contributed by atoms with Gasteiger partial charge in [-0.05, 0) is 48.6 Å². The second kappa shape index (κ2) is 7.05. The van der Waals surface area contributed by atoms with E-state index in [9.17, 15) is 18.7 Å². The monoisotopic (exact) mass is 332 g/mol. The van der Waals surface area contributed by atoms with Crippen molar-refractivity contribution >= 4 is 5.91 Å². The fourth-order valence-corrected chi connectivity index (χ4v) is 3.04. The predicted octanol–water partition coefficient (Wildman–Crippen LogP) is 2.95. The molecule has 0 radical (unpaired) electrons. The Hall–Kier alpha value is -2.34. The van der Waals surface area contributed by atoms with E-state index in [0.29, 0.717) is 37.1 Å².